The van der Waals surface area contributed by atoms with Gasteiger partial charge in [0.15, 0.2) is 0 Å². The molecule has 0 radical (unpaired) electrons. The molecule has 0 bridgehead atoms. The highest BCUT2D eigenvalue weighted by Gasteiger charge is 2.11. The van der Waals surface area contributed by atoms with Gasteiger partial charge in [0.25, 0.3) is 0 Å². The standard InChI is InChI=1S/C4H3BrOS/c5-3-1-2-4(6)7-3/h1-3H/t3-/m1/s1. The summed E-state index contributed by atoms with van der Waals surface area (Å²) in [7, 11) is 0. The van der Waals surface area contributed by atoms with Crippen LogP contribution < -0.4 is 0 Å². The molecule has 0 fully saturated rings. The van der Waals surface area contributed by atoms with E-state index in [2.05, 4.69) is 15.9 Å². The SMILES string of the molecule is O=C1C=C[C@H](Br)S1. The van der Waals surface area contributed by atoms with Crippen molar-refractivity contribution in [1.82, 2.24) is 0 Å². The van der Waals surface area contributed by atoms with E-state index < -0.39 is 0 Å². The van der Waals surface area contributed by atoms with Crippen LogP contribution in [-0.4, -0.2) is 9.27 Å². The van der Waals surface area contributed by atoms with Crippen molar-refractivity contribution in [3.8, 4) is 0 Å². The van der Waals surface area contributed by atoms with Gasteiger partial charge in [-0.2, -0.15) is 0 Å². The number of carbonyl (C=O) groups is 1. The van der Waals surface area contributed by atoms with Gasteiger partial charge >= 0.3 is 0 Å². The molecule has 38 valence electrons. The Hall–Kier alpha value is 0.240. The lowest BCUT2D eigenvalue weighted by molar-refractivity contribution is -0.106. The molecule has 1 rings (SSSR count). The van der Waals surface area contributed by atoms with Crippen molar-refractivity contribution < 1.29 is 4.79 Å². The molecule has 0 N–H and O–H groups in total. The van der Waals surface area contributed by atoms with Crippen LogP contribution in [0.15, 0.2) is 12.2 Å². The van der Waals surface area contributed by atoms with Gasteiger partial charge in [0.1, 0.15) is 0 Å². The maximum absolute atomic E-state index is 10.3. The van der Waals surface area contributed by atoms with Gasteiger partial charge in [-0.05, 0) is 6.08 Å². The molecule has 0 aromatic heterocycles. The third-order valence-electron chi connectivity index (χ3n) is 0.612. The van der Waals surface area contributed by atoms with Crippen LogP contribution in [0.2, 0.25) is 0 Å². The van der Waals surface area contributed by atoms with Crippen molar-refractivity contribution in [3.63, 3.8) is 0 Å². The molecular formula is C4H3BrOS. The largest absolute Gasteiger partial charge is 0.282 e. The van der Waals surface area contributed by atoms with E-state index in [9.17, 15) is 4.79 Å². The van der Waals surface area contributed by atoms with Crippen LogP contribution in [0.5, 0.6) is 0 Å². The summed E-state index contributed by atoms with van der Waals surface area (Å²) in [5, 5.41) is 0.141. The van der Waals surface area contributed by atoms with Crippen LogP contribution in [0.4, 0.5) is 0 Å². The van der Waals surface area contributed by atoms with Gasteiger partial charge in [-0.3, -0.25) is 4.79 Å². The van der Waals surface area contributed by atoms with E-state index in [4.69, 9.17) is 0 Å². The average Bonchev–Trinajstić information content (AvgIpc) is 1.87. The van der Waals surface area contributed by atoms with E-state index in [1.807, 2.05) is 6.08 Å². The fourth-order valence-electron chi connectivity index (χ4n) is 0.344. The number of halogens is 1. The summed E-state index contributed by atoms with van der Waals surface area (Å²) in [6.07, 6.45) is 3.40. The highest BCUT2D eigenvalue weighted by atomic mass is 79.9. The zero-order valence-electron chi connectivity index (χ0n) is 3.43. The number of rotatable bonds is 0. The minimum atomic E-state index is 0.141. The van der Waals surface area contributed by atoms with E-state index in [0.717, 1.165) is 0 Å². The molecule has 1 nitrogen and oxygen atoms in total. The van der Waals surface area contributed by atoms with E-state index >= 15 is 0 Å². The molecule has 0 aliphatic carbocycles. The van der Waals surface area contributed by atoms with Gasteiger partial charge in [0.2, 0.25) is 5.12 Å². The molecule has 0 amide bonds. The second kappa shape index (κ2) is 2.01. The van der Waals surface area contributed by atoms with Gasteiger partial charge in [-0.25, -0.2) is 0 Å². The highest BCUT2D eigenvalue weighted by molar-refractivity contribution is 9.11. The predicted molar refractivity (Wildman–Crippen MR) is 34.5 cm³/mol. The van der Waals surface area contributed by atoms with Crippen LogP contribution in [-0.2, 0) is 4.79 Å². The second-order valence-electron chi connectivity index (χ2n) is 1.15. The summed E-state index contributed by atoms with van der Waals surface area (Å²) in [5.41, 5.74) is 0. The van der Waals surface area contributed by atoms with Crippen LogP contribution in [0.1, 0.15) is 0 Å². The molecule has 1 atom stereocenters. The first-order chi connectivity index (χ1) is 3.29. The Morgan fingerprint density at radius 1 is 1.86 bits per heavy atom. The molecule has 7 heavy (non-hydrogen) atoms. The Kier molecular flexibility index (Phi) is 1.54. The van der Waals surface area contributed by atoms with Gasteiger partial charge in [-0.15, -0.1) is 0 Å². The molecule has 0 spiro atoms. The Bertz CT molecular complexity index is 121. The first-order valence-electron chi connectivity index (χ1n) is 1.82. The van der Waals surface area contributed by atoms with Gasteiger partial charge in [0, 0.05) is 0 Å². The van der Waals surface area contributed by atoms with E-state index in [0.29, 0.717) is 0 Å². The van der Waals surface area contributed by atoms with E-state index in [-0.39, 0.29) is 9.27 Å². The summed E-state index contributed by atoms with van der Waals surface area (Å²) >= 11 is 4.52. The predicted octanol–water partition coefficient (Wildman–Crippen LogP) is 1.54. The lowest BCUT2D eigenvalue weighted by atomic mass is 10.6. The highest BCUT2D eigenvalue weighted by Crippen LogP contribution is 2.25. The lowest BCUT2D eigenvalue weighted by Gasteiger charge is -1.86. The molecule has 0 saturated carbocycles. The molecule has 1 aliphatic rings. The van der Waals surface area contributed by atoms with Crippen LogP contribution in [0, 0.1) is 0 Å². The number of carbonyl (C=O) groups excluding carboxylic acids is 1. The quantitative estimate of drug-likeness (QED) is 0.524. The summed E-state index contributed by atoms with van der Waals surface area (Å²) in [5.74, 6) is 0. The number of hydrogen-bond acceptors (Lipinski definition) is 2. The number of thioether (sulfide) groups is 1. The van der Waals surface area contributed by atoms with Crippen molar-refractivity contribution in [2.75, 3.05) is 0 Å². The minimum Gasteiger partial charge on any atom is -0.282 e. The Balaban J connectivity index is 2.58. The molecule has 3 heteroatoms. The monoisotopic (exact) mass is 178 g/mol. The molecule has 0 saturated heterocycles. The molecule has 1 aliphatic heterocycles. The first kappa shape index (κ1) is 5.38. The summed E-state index contributed by atoms with van der Waals surface area (Å²) in [4.78, 5) is 10.3. The van der Waals surface area contributed by atoms with Gasteiger partial charge in [0.05, 0.1) is 4.16 Å². The topological polar surface area (TPSA) is 17.1 Å². The molecule has 0 aromatic carbocycles. The number of alkyl halides is 1. The van der Waals surface area contributed by atoms with Gasteiger partial charge < -0.3 is 0 Å². The normalized spacial score (nSPS) is 29.3. The van der Waals surface area contributed by atoms with E-state index in [1.165, 1.54) is 11.8 Å². The van der Waals surface area contributed by atoms with Crippen molar-refractivity contribution in [2.45, 2.75) is 4.16 Å². The van der Waals surface area contributed by atoms with E-state index in [1.54, 1.807) is 6.08 Å². The summed E-state index contributed by atoms with van der Waals surface area (Å²) < 4.78 is 0.222. The number of hydrogen-bond donors (Lipinski definition) is 0. The molecule has 1 heterocycles. The Morgan fingerprint density at radius 2 is 2.57 bits per heavy atom. The van der Waals surface area contributed by atoms with Crippen molar-refractivity contribution in [3.05, 3.63) is 12.2 Å². The summed E-state index contributed by atoms with van der Waals surface area (Å²) in [6, 6.07) is 0. The molecule has 0 unspecified atom stereocenters. The van der Waals surface area contributed by atoms with Crippen molar-refractivity contribution in [2.24, 2.45) is 0 Å². The molecule has 0 aromatic rings. The zero-order chi connectivity index (χ0) is 5.28. The van der Waals surface area contributed by atoms with Crippen LogP contribution in [0.25, 0.3) is 0 Å². The van der Waals surface area contributed by atoms with Gasteiger partial charge in [-0.1, -0.05) is 33.8 Å². The van der Waals surface area contributed by atoms with Crippen LogP contribution >= 0.6 is 27.7 Å². The summed E-state index contributed by atoms with van der Waals surface area (Å²) in [6.45, 7) is 0. The van der Waals surface area contributed by atoms with Crippen molar-refractivity contribution >= 4 is 32.8 Å². The van der Waals surface area contributed by atoms with Crippen LogP contribution in [0.3, 0.4) is 0 Å². The Morgan fingerprint density at radius 3 is 2.71 bits per heavy atom. The average molecular weight is 179 g/mol. The zero-order valence-corrected chi connectivity index (χ0v) is 5.83. The second-order valence-corrected chi connectivity index (χ2v) is 3.89. The minimum absolute atomic E-state index is 0.141. The lowest BCUT2D eigenvalue weighted by Crippen LogP contribution is -1.78. The smallest absolute Gasteiger partial charge is 0.213 e. The fraction of sp³-hybridized carbons (Fsp3) is 0.250. The maximum Gasteiger partial charge on any atom is 0.213 e. The first-order valence-corrected chi connectivity index (χ1v) is 3.61. The Labute approximate surface area is 54.3 Å². The fourth-order valence-corrected chi connectivity index (χ4v) is 1.59. The molecular weight excluding hydrogens is 176 g/mol. The maximum atomic E-state index is 10.3. The third kappa shape index (κ3) is 1.31. The van der Waals surface area contributed by atoms with Crippen molar-refractivity contribution in [1.29, 1.82) is 0 Å². The third-order valence-corrected chi connectivity index (χ3v) is 2.23.